The normalized spacial score (nSPS) is 20.3. The maximum atomic E-state index is 9.19. The molecule has 1 aromatic heterocycles. The summed E-state index contributed by atoms with van der Waals surface area (Å²) in [4.78, 5) is 2.27. The fraction of sp³-hybridized carbons (Fsp3) is 0.688. The molecule has 1 fully saturated rings. The van der Waals surface area contributed by atoms with Crippen molar-refractivity contribution in [2.75, 3.05) is 26.2 Å². The van der Waals surface area contributed by atoms with Crippen molar-refractivity contribution in [1.29, 1.82) is 10.5 Å². The zero-order valence-corrected chi connectivity index (χ0v) is 13.3. The lowest BCUT2D eigenvalue weighted by Crippen LogP contribution is -2.46. The molecule has 0 spiro atoms. The van der Waals surface area contributed by atoms with Crippen molar-refractivity contribution in [2.45, 2.75) is 39.3 Å². The SMILES string of the molecule is Cc1cc(C)n(C[C@@H]2CN(C[C@@H](C#N)CCC#N)CCO2)n1. The molecule has 0 unspecified atom stereocenters. The third kappa shape index (κ3) is 4.56. The van der Waals surface area contributed by atoms with E-state index >= 15 is 0 Å². The van der Waals surface area contributed by atoms with E-state index in [-0.39, 0.29) is 12.0 Å². The summed E-state index contributed by atoms with van der Waals surface area (Å²) in [5.41, 5.74) is 2.16. The standard InChI is InChI=1S/C16H23N5O/c1-13-8-14(2)21(19-13)12-16-11-20(6-7-22-16)10-15(9-18)4-3-5-17/h8,15-16H,3-4,6-7,10-12H2,1-2H3/t15-,16+/m1/s1. The minimum absolute atomic E-state index is 0.0768. The molecule has 0 aliphatic carbocycles. The van der Waals surface area contributed by atoms with Gasteiger partial charge in [0.05, 0.1) is 43.0 Å². The number of nitrogens with zero attached hydrogens (tertiary/aromatic N) is 5. The van der Waals surface area contributed by atoms with Crippen LogP contribution < -0.4 is 0 Å². The van der Waals surface area contributed by atoms with Crippen molar-refractivity contribution >= 4 is 0 Å². The summed E-state index contributed by atoms with van der Waals surface area (Å²) in [5, 5.41) is 22.3. The lowest BCUT2D eigenvalue weighted by atomic mass is 10.0. The van der Waals surface area contributed by atoms with Crippen molar-refractivity contribution in [1.82, 2.24) is 14.7 Å². The Bertz CT molecular complexity index is 568. The highest BCUT2D eigenvalue weighted by molar-refractivity contribution is 5.06. The van der Waals surface area contributed by atoms with Gasteiger partial charge in [0.2, 0.25) is 0 Å². The zero-order valence-electron chi connectivity index (χ0n) is 13.3. The summed E-state index contributed by atoms with van der Waals surface area (Å²) in [6.45, 7) is 7.83. The maximum absolute atomic E-state index is 9.19. The molecular formula is C16H23N5O. The van der Waals surface area contributed by atoms with Crippen LogP contribution in [-0.2, 0) is 11.3 Å². The molecule has 2 rings (SSSR count). The highest BCUT2D eigenvalue weighted by atomic mass is 16.5. The van der Waals surface area contributed by atoms with Crippen LogP contribution >= 0.6 is 0 Å². The fourth-order valence-electron chi connectivity index (χ4n) is 2.86. The van der Waals surface area contributed by atoms with E-state index in [1.165, 1.54) is 0 Å². The van der Waals surface area contributed by atoms with Crippen LogP contribution in [0.1, 0.15) is 24.2 Å². The van der Waals surface area contributed by atoms with Crippen molar-refractivity contribution in [3.8, 4) is 12.1 Å². The van der Waals surface area contributed by atoms with E-state index in [1.807, 2.05) is 18.5 Å². The Kier molecular flexibility index (Phi) is 5.94. The average Bonchev–Trinajstić information content (AvgIpc) is 2.81. The van der Waals surface area contributed by atoms with Gasteiger partial charge in [0.1, 0.15) is 0 Å². The molecule has 118 valence electrons. The number of aryl methyl sites for hydroxylation is 2. The summed E-state index contributed by atoms with van der Waals surface area (Å²) in [7, 11) is 0. The molecule has 0 bridgehead atoms. The van der Waals surface area contributed by atoms with E-state index in [2.05, 4.69) is 28.2 Å². The topological polar surface area (TPSA) is 77.9 Å². The molecule has 0 amide bonds. The van der Waals surface area contributed by atoms with Gasteiger partial charge in [0.15, 0.2) is 0 Å². The van der Waals surface area contributed by atoms with E-state index in [0.29, 0.717) is 19.4 Å². The number of morpholine rings is 1. The second kappa shape index (κ2) is 7.93. The Balaban J connectivity index is 1.87. The zero-order chi connectivity index (χ0) is 15.9. The van der Waals surface area contributed by atoms with E-state index in [4.69, 9.17) is 10.00 Å². The Hall–Kier alpha value is -1.89. The van der Waals surface area contributed by atoms with Crippen LogP contribution in [0, 0.1) is 42.4 Å². The second-order valence-corrected chi connectivity index (χ2v) is 5.88. The number of ether oxygens (including phenoxy) is 1. The Labute approximate surface area is 131 Å². The fourth-order valence-corrected chi connectivity index (χ4v) is 2.86. The number of nitriles is 2. The first-order valence-corrected chi connectivity index (χ1v) is 7.74. The quantitative estimate of drug-likeness (QED) is 0.798. The summed E-state index contributed by atoms with van der Waals surface area (Å²) >= 11 is 0. The Morgan fingerprint density at radius 2 is 2.27 bits per heavy atom. The van der Waals surface area contributed by atoms with Crippen molar-refractivity contribution in [3.63, 3.8) is 0 Å². The molecule has 1 aliphatic rings. The first kappa shape index (κ1) is 16.5. The van der Waals surface area contributed by atoms with Crippen molar-refractivity contribution < 1.29 is 4.74 Å². The third-order valence-corrected chi connectivity index (χ3v) is 3.97. The van der Waals surface area contributed by atoms with Gasteiger partial charge in [-0.05, 0) is 26.3 Å². The summed E-state index contributed by atoms with van der Waals surface area (Å²) in [6.07, 6.45) is 1.19. The van der Waals surface area contributed by atoms with Crippen molar-refractivity contribution in [2.24, 2.45) is 5.92 Å². The maximum Gasteiger partial charge on any atom is 0.0898 e. The Morgan fingerprint density at radius 3 is 2.91 bits per heavy atom. The summed E-state index contributed by atoms with van der Waals surface area (Å²) in [5.74, 6) is -0.0768. The smallest absolute Gasteiger partial charge is 0.0898 e. The van der Waals surface area contributed by atoms with Gasteiger partial charge >= 0.3 is 0 Å². The van der Waals surface area contributed by atoms with Gasteiger partial charge in [-0.2, -0.15) is 15.6 Å². The molecule has 0 radical (unpaired) electrons. The van der Waals surface area contributed by atoms with Gasteiger partial charge in [-0.3, -0.25) is 9.58 Å². The van der Waals surface area contributed by atoms with Gasteiger partial charge in [-0.15, -0.1) is 0 Å². The number of rotatable bonds is 6. The van der Waals surface area contributed by atoms with Gasteiger partial charge in [0, 0.05) is 31.7 Å². The minimum atomic E-state index is -0.0768. The predicted molar refractivity (Wildman–Crippen MR) is 81.8 cm³/mol. The molecule has 2 heterocycles. The lowest BCUT2D eigenvalue weighted by Gasteiger charge is -2.34. The van der Waals surface area contributed by atoms with Crippen LogP contribution in [0.3, 0.4) is 0 Å². The highest BCUT2D eigenvalue weighted by Gasteiger charge is 2.23. The van der Waals surface area contributed by atoms with Gasteiger partial charge < -0.3 is 4.74 Å². The minimum Gasteiger partial charge on any atom is -0.374 e. The molecule has 22 heavy (non-hydrogen) atoms. The van der Waals surface area contributed by atoms with Crippen LogP contribution in [-0.4, -0.2) is 47.0 Å². The van der Waals surface area contributed by atoms with Crippen LogP contribution in [0.5, 0.6) is 0 Å². The van der Waals surface area contributed by atoms with Gasteiger partial charge in [0.25, 0.3) is 0 Å². The molecule has 2 atom stereocenters. The molecule has 0 N–H and O–H groups in total. The first-order chi connectivity index (χ1) is 10.6. The number of aromatic nitrogens is 2. The van der Waals surface area contributed by atoms with Crippen LogP contribution in [0.2, 0.25) is 0 Å². The van der Waals surface area contributed by atoms with Crippen LogP contribution in [0.15, 0.2) is 6.07 Å². The lowest BCUT2D eigenvalue weighted by molar-refractivity contribution is -0.0403. The average molecular weight is 301 g/mol. The molecular weight excluding hydrogens is 278 g/mol. The number of hydrogen-bond donors (Lipinski definition) is 0. The van der Waals surface area contributed by atoms with E-state index in [0.717, 1.165) is 37.6 Å². The van der Waals surface area contributed by atoms with Crippen LogP contribution in [0.25, 0.3) is 0 Å². The molecule has 0 saturated carbocycles. The molecule has 6 heteroatoms. The van der Waals surface area contributed by atoms with Gasteiger partial charge in [-0.25, -0.2) is 0 Å². The Morgan fingerprint density at radius 1 is 1.45 bits per heavy atom. The molecule has 1 aliphatic heterocycles. The predicted octanol–water partition coefficient (Wildman–Crippen LogP) is 1.64. The molecule has 1 saturated heterocycles. The second-order valence-electron chi connectivity index (χ2n) is 5.88. The third-order valence-electron chi connectivity index (χ3n) is 3.97. The highest BCUT2D eigenvalue weighted by Crippen LogP contribution is 2.14. The van der Waals surface area contributed by atoms with E-state index in [9.17, 15) is 5.26 Å². The first-order valence-electron chi connectivity index (χ1n) is 7.74. The van der Waals surface area contributed by atoms with Crippen molar-refractivity contribution in [3.05, 3.63) is 17.5 Å². The molecule has 1 aromatic rings. The van der Waals surface area contributed by atoms with Crippen LogP contribution in [0.4, 0.5) is 0 Å². The summed E-state index contributed by atoms with van der Waals surface area (Å²) in [6, 6.07) is 6.49. The van der Waals surface area contributed by atoms with E-state index in [1.54, 1.807) is 0 Å². The molecule has 0 aromatic carbocycles. The van der Waals surface area contributed by atoms with E-state index < -0.39 is 0 Å². The summed E-state index contributed by atoms with van der Waals surface area (Å²) < 4.78 is 7.82. The largest absolute Gasteiger partial charge is 0.374 e. The van der Waals surface area contributed by atoms with Gasteiger partial charge in [-0.1, -0.05) is 0 Å². The number of hydrogen-bond acceptors (Lipinski definition) is 5. The monoisotopic (exact) mass is 301 g/mol. The molecule has 6 nitrogen and oxygen atoms in total.